The number of rotatable bonds is 4. The number of halogens is 1. The first kappa shape index (κ1) is 12.7. The summed E-state index contributed by atoms with van der Waals surface area (Å²) in [7, 11) is 2.03. The van der Waals surface area contributed by atoms with Gasteiger partial charge in [0.05, 0.1) is 0 Å². The Hall–Kier alpha value is -1.31. The van der Waals surface area contributed by atoms with Crippen LogP contribution < -0.4 is 5.32 Å². The highest BCUT2D eigenvalue weighted by Crippen LogP contribution is 2.47. The Morgan fingerprint density at radius 2 is 1.89 bits per heavy atom. The van der Waals surface area contributed by atoms with Gasteiger partial charge in [-0.1, -0.05) is 48.0 Å². The highest BCUT2D eigenvalue weighted by molar-refractivity contribution is 6.30. The number of hydrogen-bond acceptors (Lipinski definition) is 1. The van der Waals surface area contributed by atoms with Gasteiger partial charge >= 0.3 is 0 Å². The van der Waals surface area contributed by atoms with E-state index in [2.05, 4.69) is 41.7 Å². The molecular weight excluding hydrogens is 254 g/mol. The summed E-state index contributed by atoms with van der Waals surface area (Å²) in [6.45, 7) is 1.12. The van der Waals surface area contributed by atoms with Crippen LogP contribution in [0, 0.1) is 5.92 Å². The molecule has 0 saturated heterocycles. The van der Waals surface area contributed by atoms with Gasteiger partial charge in [0.1, 0.15) is 0 Å². The average Bonchev–Trinajstić information content (AvgIpc) is 3.20. The van der Waals surface area contributed by atoms with Gasteiger partial charge in [0.15, 0.2) is 0 Å². The third kappa shape index (κ3) is 2.83. The molecule has 2 heteroatoms. The third-order valence-corrected chi connectivity index (χ3v) is 4.13. The zero-order valence-electron chi connectivity index (χ0n) is 11.1. The molecule has 0 aliphatic heterocycles. The van der Waals surface area contributed by atoms with E-state index < -0.39 is 0 Å². The lowest BCUT2D eigenvalue weighted by molar-refractivity contribution is 0.698. The van der Waals surface area contributed by atoms with Crippen LogP contribution in [0.15, 0.2) is 48.5 Å². The summed E-state index contributed by atoms with van der Waals surface area (Å²) in [5.74, 6) is 1.55. The van der Waals surface area contributed by atoms with Crippen LogP contribution in [0.4, 0.5) is 0 Å². The van der Waals surface area contributed by atoms with Crippen LogP contribution in [-0.4, -0.2) is 13.6 Å². The second-order valence-corrected chi connectivity index (χ2v) is 5.73. The van der Waals surface area contributed by atoms with Crippen molar-refractivity contribution in [3.8, 4) is 11.1 Å². The maximum absolute atomic E-state index is 5.94. The summed E-state index contributed by atoms with van der Waals surface area (Å²) < 4.78 is 0. The van der Waals surface area contributed by atoms with Crippen molar-refractivity contribution in [2.45, 2.75) is 12.3 Å². The van der Waals surface area contributed by atoms with Gasteiger partial charge in [0, 0.05) is 5.02 Å². The Morgan fingerprint density at radius 1 is 1.11 bits per heavy atom. The Labute approximate surface area is 119 Å². The minimum absolute atomic E-state index is 0.736. The first-order valence-corrected chi connectivity index (χ1v) is 7.16. The predicted octanol–water partition coefficient (Wildman–Crippen LogP) is 4.33. The van der Waals surface area contributed by atoms with Crippen molar-refractivity contribution in [3.05, 3.63) is 59.1 Å². The summed E-state index contributed by atoms with van der Waals surface area (Å²) in [5, 5.41) is 4.06. The van der Waals surface area contributed by atoms with E-state index in [-0.39, 0.29) is 0 Å². The van der Waals surface area contributed by atoms with E-state index in [1.807, 2.05) is 19.2 Å². The molecule has 1 aliphatic rings. The van der Waals surface area contributed by atoms with Crippen LogP contribution >= 0.6 is 11.6 Å². The predicted molar refractivity (Wildman–Crippen MR) is 81.7 cm³/mol. The second kappa shape index (κ2) is 5.36. The van der Waals surface area contributed by atoms with Gasteiger partial charge in [0.25, 0.3) is 0 Å². The van der Waals surface area contributed by atoms with Crippen molar-refractivity contribution in [2.24, 2.45) is 5.92 Å². The molecular formula is C17H18ClN. The Bertz CT molecular complexity index is 562. The van der Waals surface area contributed by atoms with Crippen molar-refractivity contribution in [1.29, 1.82) is 0 Å². The van der Waals surface area contributed by atoms with Gasteiger partial charge in [-0.15, -0.1) is 0 Å². The Balaban J connectivity index is 1.82. The number of nitrogens with one attached hydrogen (secondary N) is 1. The molecule has 0 amide bonds. The van der Waals surface area contributed by atoms with E-state index >= 15 is 0 Å². The number of benzene rings is 2. The quantitative estimate of drug-likeness (QED) is 0.873. The first-order valence-electron chi connectivity index (χ1n) is 6.78. The van der Waals surface area contributed by atoms with Crippen LogP contribution in [0.2, 0.25) is 5.02 Å². The highest BCUT2D eigenvalue weighted by atomic mass is 35.5. The summed E-state index contributed by atoms with van der Waals surface area (Å²) in [6, 6.07) is 17.0. The molecule has 0 spiro atoms. The van der Waals surface area contributed by atoms with E-state index in [1.165, 1.54) is 23.1 Å². The molecule has 1 nitrogen and oxygen atoms in total. The molecule has 19 heavy (non-hydrogen) atoms. The van der Waals surface area contributed by atoms with Gasteiger partial charge in [0.2, 0.25) is 0 Å². The largest absolute Gasteiger partial charge is 0.319 e. The molecule has 1 aliphatic carbocycles. The molecule has 0 unspecified atom stereocenters. The maximum Gasteiger partial charge on any atom is 0.0406 e. The lowest BCUT2D eigenvalue weighted by Gasteiger charge is -2.06. The van der Waals surface area contributed by atoms with Crippen molar-refractivity contribution in [3.63, 3.8) is 0 Å². The summed E-state index contributed by atoms with van der Waals surface area (Å²) >= 11 is 5.94. The second-order valence-electron chi connectivity index (χ2n) is 5.29. The summed E-state index contributed by atoms with van der Waals surface area (Å²) in [4.78, 5) is 0. The Morgan fingerprint density at radius 3 is 2.63 bits per heavy atom. The van der Waals surface area contributed by atoms with Gasteiger partial charge in [-0.3, -0.25) is 0 Å². The fraction of sp³-hybridized carbons (Fsp3) is 0.294. The van der Waals surface area contributed by atoms with E-state index in [1.54, 1.807) is 0 Å². The van der Waals surface area contributed by atoms with Crippen molar-refractivity contribution < 1.29 is 0 Å². The molecule has 0 bridgehead atoms. The fourth-order valence-corrected chi connectivity index (χ4v) is 2.86. The molecule has 0 radical (unpaired) electrons. The van der Waals surface area contributed by atoms with Crippen LogP contribution in [-0.2, 0) is 0 Å². The standard InChI is InChI=1S/C17H18ClN/c1-19-11-15-10-17(15)14-4-2-3-13(9-14)12-5-7-16(18)8-6-12/h2-9,15,17,19H,10-11H2,1H3/t15-,17-/m0/s1. The van der Waals surface area contributed by atoms with Crippen molar-refractivity contribution in [2.75, 3.05) is 13.6 Å². The Kier molecular flexibility index (Phi) is 3.58. The first-order chi connectivity index (χ1) is 9.28. The monoisotopic (exact) mass is 271 g/mol. The molecule has 0 heterocycles. The summed E-state index contributed by atoms with van der Waals surface area (Å²) in [5.41, 5.74) is 3.98. The highest BCUT2D eigenvalue weighted by Gasteiger charge is 2.37. The minimum Gasteiger partial charge on any atom is -0.319 e. The van der Waals surface area contributed by atoms with E-state index in [0.29, 0.717) is 0 Å². The third-order valence-electron chi connectivity index (χ3n) is 3.88. The number of hydrogen-bond donors (Lipinski definition) is 1. The minimum atomic E-state index is 0.736. The molecule has 2 aromatic carbocycles. The normalized spacial score (nSPS) is 21.4. The van der Waals surface area contributed by atoms with Gasteiger partial charge in [-0.05, 0) is 60.7 Å². The van der Waals surface area contributed by atoms with Gasteiger partial charge < -0.3 is 5.32 Å². The zero-order valence-corrected chi connectivity index (χ0v) is 11.8. The van der Waals surface area contributed by atoms with E-state index in [4.69, 9.17) is 11.6 Å². The molecule has 3 rings (SSSR count). The fourth-order valence-electron chi connectivity index (χ4n) is 2.73. The van der Waals surface area contributed by atoms with Crippen LogP contribution in [0.1, 0.15) is 17.9 Å². The van der Waals surface area contributed by atoms with E-state index in [9.17, 15) is 0 Å². The molecule has 2 aromatic rings. The molecule has 98 valence electrons. The van der Waals surface area contributed by atoms with Gasteiger partial charge in [-0.25, -0.2) is 0 Å². The van der Waals surface area contributed by atoms with E-state index in [0.717, 1.165) is 23.4 Å². The maximum atomic E-state index is 5.94. The molecule has 1 fully saturated rings. The van der Waals surface area contributed by atoms with Crippen LogP contribution in [0.3, 0.4) is 0 Å². The summed E-state index contributed by atoms with van der Waals surface area (Å²) in [6.07, 6.45) is 1.31. The van der Waals surface area contributed by atoms with Crippen molar-refractivity contribution >= 4 is 11.6 Å². The SMILES string of the molecule is CNC[C@@H]1C[C@H]1c1cccc(-c2ccc(Cl)cc2)c1. The van der Waals surface area contributed by atoms with Crippen LogP contribution in [0.5, 0.6) is 0 Å². The molecule has 2 atom stereocenters. The molecule has 0 aromatic heterocycles. The average molecular weight is 272 g/mol. The smallest absolute Gasteiger partial charge is 0.0406 e. The van der Waals surface area contributed by atoms with Crippen LogP contribution in [0.25, 0.3) is 11.1 Å². The topological polar surface area (TPSA) is 12.0 Å². The molecule has 1 N–H and O–H groups in total. The zero-order chi connectivity index (χ0) is 13.2. The van der Waals surface area contributed by atoms with Crippen molar-refractivity contribution in [1.82, 2.24) is 5.32 Å². The molecule has 1 saturated carbocycles. The van der Waals surface area contributed by atoms with Gasteiger partial charge in [-0.2, -0.15) is 0 Å². The lowest BCUT2D eigenvalue weighted by atomic mass is 10.0. The lowest BCUT2D eigenvalue weighted by Crippen LogP contribution is -2.10.